The van der Waals surface area contributed by atoms with Gasteiger partial charge in [-0.25, -0.2) is 0 Å². The topological polar surface area (TPSA) is 38.0 Å². The van der Waals surface area contributed by atoms with E-state index in [-0.39, 0.29) is 6.61 Å². The van der Waals surface area contributed by atoms with Crippen molar-refractivity contribution in [2.45, 2.75) is 49.8 Å². The molecule has 1 N–H and O–H groups in total. The predicted octanol–water partition coefficient (Wildman–Crippen LogP) is 6.67. The number of aliphatic hydroxyl groups is 1. The first-order valence-corrected chi connectivity index (χ1v) is 11.5. The summed E-state index contributed by atoms with van der Waals surface area (Å²) >= 11 is 1.80. The van der Waals surface area contributed by atoms with Gasteiger partial charge in [0.1, 0.15) is 0 Å². The molecule has 4 aromatic rings. The van der Waals surface area contributed by atoms with Crippen molar-refractivity contribution in [3.8, 4) is 11.1 Å². The molecule has 2 aromatic carbocycles. The lowest BCUT2D eigenvalue weighted by atomic mass is 10.0. The maximum absolute atomic E-state index is 10.2. The molecule has 0 atom stereocenters. The average Bonchev–Trinajstić information content (AvgIpc) is 3.06. The summed E-state index contributed by atoms with van der Waals surface area (Å²) in [4.78, 5) is 5.37. The van der Waals surface area contributed by atoms with E-state index in [1.54, 1.807) is 11.8 Å². The van der Waals surface area contributed by atoms with E-state index in [4.69, 9.17) is 0 Å². The molecule has 0 spiro atoms. The van der Waals surface area contributed by atoms with Crippen LogP contribution >= 0.6 is 11.8 Å². The number of rotatable bonds is 7. The highest BCUT2D eigenvalue weighted by Crippen LogP contribution is 2.43. The summed E-state index contributed by atoms with van der Waals surface area (Å²) in [6.45, 7) is 7.34. The Morgan fingerprint density at radius 1 is 0.935 bits per heavy atom. The van der Waals surface area contributed by atoms with Gasteiger partial charge < -0.3 is 9.67 Å². The van der Waals surface area contributed by atoms with Gasteiger partial charge in [0.25, 0.3) is 0 Å². The Morgan fingerprint density at radius 2 is 1.61 bits per heavy atom. The summed E-state index contributed by atoms with van der Waals surface area (Å²) in [5.41, 5.74) is 7.05. The number of aromatic nitrogens is 2. The van der Waals surface area contributed by atoms with Crippen LogP contribution < -0.4 is 0 Å². The molecule has 158 valence electrons. The van der Waals surface area contributed by atoms with Crippen LogP contribution in [0.3, 0.4) is 0 Å². The Balaban J connectivity index is 1.85. The number of nitrogens with zero attached hydrogens (tertiary/aromatic N) is 2. The van der Waals surface area contributed by atoms with Crippen molar-refractivity contribution in [1.82, 2.24) is 9.55 Å². The molecule has 0 unspecified atom stereocenters. The van der Waals surface area contributed by atoms with E-state index in [9.17, 15) is 5.11 Å². The molecule has 0 fully saturated rings. The van der Waals surface area contributed by atoms with E-state index in [0.717, 1.165) is 17.8 Å². The van der Waals surface area contributed by atoms with Crippen LogP contribution in [0.4, 0.5) is 0 Å². The summed E-state index contributed by atoms with van der Waals surface area (Å²) in [6, 6.07) is 23.2. The standard InChI is InChI=1S/C27H28N2OS/c1-19(2)26-24(18-30)20(3)29(17-21-13-15-28-16-14-21)27(26)31-25-12-8-7-11-23(25)22-9-5-4-6-10-22/h4-16,19,30H,17-18H2,1-3H3. The number of hydrogen-bond acceptors (Lipinski definition) is 3. The molecule has 0 saturated carbocycles. The normalized spacial score (nSPS) is 11.3. The summed E-state index contributed by atoms with van der Waals surface area (Å²) in [6.07, 6.45) is 3.67. The molecule has 2 aromatic heterocycles. The Bertz CT molecular complexity index is 1150. The van der Waals surface area contributed by atoms with E-state index < -0.39 is 0 Å². The lowest BCUT2D eigenvalue weighted by Gasteiger charge is -2.16. The number of aliphatic hydroxyl groups excluding tert-OH is 1. The van der Waals surface area contributed by atoms with Crippen molar-refractivity contribution < 1.29 is 5.11 Å². The Kier molecular flexibility index (Phi) is 6.59. The van der Waals surface area contributed by atoms with Crippen LogP contribution in [0.15, 0.2) is 89.0 Å². The molecule has 4 heteroatoms. The lowest BCUT2D eigenvalue weighted by molar-refractivity contribution is 0.279. The van der Waals surface area contributed by atoms with Crippen LogP contribution in [0.2, 0.25) is 0 Å². The largest absolute Gasteiger partial charge is 0.392 e. The molecule has 0 aliphatic heterocycles. The molecular formula is C27H28N2OS. The van der Waals surface area contributed by atoms with E-state index in [1.807, 2.05) is 18.5 Å². The van der Waals surface area contributed by atoms with Crippen LogP contribution in [0.25, 0.3) is 11.1 Å². The van der Waals surface area contributed by atoms with Crippen LogP contribution in [0, 0.1) is 6.92 Å². The van der Waals surface area contributed by atoms with Gasteiger partial charge in [0.15, 0.2) is 0 Å². The van der Waals surface area contributed by atoms with E-state index >= 15 is 0 Å². The minimum atomic E-state index is 0.0522. The van der Waals surface area contributed by atoms with Crippen LogP contribution in [0.1, 0.15) is 42.1 Å². The Hall–Kier alpha value is -2.82. The van der Waals surface area contributed by atoms with Crippen LogP contribution in [0.5, 0.6) is 0 Å². The van der Waals surface area contributed by atoms with E-state index in [1.165, 1.54) is 32.2 Å². The van der Waals surface area contributed by atoms with Gasteiger partial charge in [-0.3, -0.25) is 4.98 Å². The van der Waals surface area contributed by atoms with Crippen molar-refractivity contribution in [1.29, 1.82) is 0 Å². The number of hydrogen-bond donors (Lipinski definition) is 1. The van der Waals surface area contributed by atoms with Crippen molar-refractivity contribution in [3.63, 3.8) is 0 Å². The monoisotopic (exact) mass is 428 g/mol. The van der Waals surface area contributed by atoms with Crippen molar-refractivity contribution in [2.75, 3.05) is 0 Å². The number of benzene rings is 2. The zero-order valence-corrected chi connectivity index (χ0v) is 19.1. The van der Waals surface area contributed by atoms with Crippen LogP contribution in [-0.2, 0) is 13.2 Å². The minimum absolute atomic E-state index is 0.0522. The molecule has 3 nitrogen and oxygen atoms in total. The van der Waals surface area contributed by atoms with Gasteiger partial charge in [-0.2, -0.15) is 0 Å². The highest BCUT2D eigenvalue weighted by atomic mass is 32.2. The quantitative estimate of drug-likeness (QED) is 0.357. The van der Waals surface area contributed by atoms with E-state index in [2.05, 4.69) is 91.0 Å². The maximum Gasteiger partial charge on any atom is 0.0840 e. The molecule has 0 bridgehead atoms. The molecular weight excluding hydrogens is 400 g/mol. The second-order valence-electron chi connectivity index (χ2n) is 8.00. The maximum atomic E-state index is 10.2. The summed E-state index contributed by atoms with van der Waals surface area (Å²) < 4.78 is 2.35. The second-order valence-corrected chi connectivity index (χ2v) is 9.03. The molecule has 0 saturated heterocycles. The molecule has 31 heavy (non-hydrogen) atoms. The van der Waals surface area contributed by atoms with Crippen molar-refractivity contribution in [3.05, 3.63) is 102 Å². The van der Waals surface area contributed by atoms with Gasteiger partial charge in [0, 0.05) is 35.1 Å². The van der Waals surface area contributed by atoms with Gasteiger partial charge in [-0.1, -0.05) is 74.1 Å². The SMILES string of the molecule is Cc1c(CO)c(C(C)C)c(Sc2ccccc2-c2ccccc2)n1Cc1ccncc1. The summed E-state index contributed by atoms with van der Waals surface area (Å²) in [5, 5.41) is 11.4. The van der Waals surface area contributed by atoms with Gasteiger partial charge in [-0.15, -0.1) is 0 Å². The molecule has 0 radical (unpaired) electrons. The third-order valence-corrected chi connectivity index (χ3v) is 6.86. The average molecular weight is 429 g/mol. The molecule has 4 rings (SSSR count). The first-order valence-electron chi connectivity index (χ1n) is 10.6. The van der Waals surface area contributed by atoms with Gasteiger partial charge in [-0.05, 0) is 53.3 Å². The fourth-order valence-electron chi connectivity index (χ4n) is 4.07. The first-order chi connectivity index (χ1) is 15.1. The summed E-state index contributed by atoms with van der Waals surface area (Å²) in [5.74, 6) is 0.311. The summed E-state index contributed by atoms with van der Waals surface area (Å²) in [7, 11) is 0. The van der Waals surface area contributed by atoms with Crippen molar-refractivity contribution in [2.24, 2.45) is 0 Å². The zero-order valence-electron chi connectivity index (χ0n) is 18.2. The Labute approximate surface area is 188 Å². The number of pyridine rings is 1. The third-order valence-electron chi connectivity index (χ3n) is 5.65. The van der Waals surface area contributed by atoms with E-state index in [0.29, 0.717) is 5.92 Å². The zero-order chi connectivity index (χ0) is 21.8. The van der Waals surface area contributed by atoms with Gasteiger partial charge >= 0.3 is 0 Å². The lowest BCUT2D eigenvalue weighted by Crippen LogP contribution is -2.04. The predicted molar refractivity (Wildman–Crippen MR) is 129 cm³/mol. The molecule has 2 heterocycles. The first kappa shape index (κ1) is 21.4. The molecule has 0 amide bonds. The van der Waals surface area contributed by atoms with Gasteiger partial charge in [0.05, 0.1) is 11.6 Å². The fourth-order valence-corrected chi connectivity index (χ4v) is 5.50. The molecule has 0 aliphatic rings. The Morgan fingerprint density at radius 3 is 2.29 bits per heavy atom. The second kappa shape index (κ2) is 9.54. The molecule has 0 aliphatic carbocycles. The third kappa shape index (κ3) is 4.46. The van der Waals surface area contributed by atoms with Gasteiger partial charge in [0.2, 0.25) is 0 Å². The minimum Gasteiger partial charge on any atom is -0.392 e. The van der Waals surface area contributed by atoms with Crippen LogP contribution in [-0.4, -0.2) is 14.7 Å². The smallest absolute Gasteiger partial charge is 0.0840 e. The fraction of sp³-hybridized carbons (Fsp3) is 0.222. The highest BCUT2D eigenvalue weighted by Gasteiger charge is 2.23. The highest BCUT2D eigenvalue weighted by molar-refractivity contribution is 7.99. The van der Waals surface area contributed by atoms with Crippen molar-refractivity contribution >= 4 is 11.8 Å².